The number of rotatable bonds is 3. The maximum Gasteiger partial charge on any atom is 0.125 e. The van der Waals surface area contributed by atoms with E-state index in [0.717, 1.165) is 17.1 Å². The van der Waals surface area contributed by atoms with Gasteiger partial charge in [0.25, 0.3) is 0 Å². The topological polar surface area (TPSA) is 27.1 Å². The van der Waals surface area contributed by atoms with Crippen molar-refractivity contribution >= 4 is 22.6 Å². The first-order chi connectivity index (χ1) is 9.24. The number of ether oxygens (including phenoxy) is 1. The van der Waals surface area contributed by atoms with Crippen LogP contribution in [0.1, 0.15) is 38.1 Å². The molecule has 2 aromatic rings. The Labute approximate surface area is 118 Å². The molecule has 19 heavy (non-hydrogen) atoms. The quantitative estimate of drug-likeness (QED) is 0.789. The molecule has 102 valence electrons. The first kappa shape index (κ1) is 12.8. The fourth-order valence-electron chi connectivity index (χ4n) is 3.23. The Morgan fingerprint density at radius 3 is 2.89 bits per heavy atom. The van der Waals surface area contributed by atoms with Crippen molar-refractivity contribution in [2.24, 2.45) is 5.92 Å². The van der Waals surface area contributed by atoms with Crippen LogP contribution in [0.5, 0.6) is 5.75 Å². The minimum atomic E-state index is 0.459. The van der Waals surface area contributed by atoms with Crippen LogP contribution in [-0.4, -0.2) is 16.7 Å². The normalized spacial score (nSPS) is 23.1. The van der Waals surface area contributed by atoms with E-state index in [1.807, 2.05) is 12.1 Å². The van der Waals surface area contributed by atoms with Gasteiger partial charge in [-0.2, -0.15) is 0 Å². The molecule has 1 heterocycles. The smallest absolute Gasteiger partial charge is 0.125 e. The largest absolute Gasteiger partial charge is 0.497 e. The van der Waals surface area contributed by atoms with Crippen molar-refractivity contribution in [2.45, 2.75) is 38.1 Å². The van der Waals surface area contributed by atoms with Gasteiger partial charge in [0.05, 0.1) is 24.0 Å². The predicted molar refractivity (Wildman–Crippen MR) is 77.9 cm³/mol. The van der Waals surface area contributed by atoms with Crippen LogP contribution in [0.25, 0.3) is 11.0 Å². The molecule has 1 aliphatic rings. The lowest BCUT2D eigenvalue weighted by Gasteiger charge is -2.20. The Morgan fingerprint density at radius 1 is 1.42 bits per heavy atom. The molecule has 0 saturated heterocycles. The molecule has 2 atom stereocenters. The van der Waals surface area contributed by atoms with Crippen LogP contribution in [0.4, 0.5) is 0 Å². The highest BCUT2D eigenvalue weighted by Crippen LogP contribution is 2.38. The van der Waals surface area contributed by atoms with Gasteiger partial charge in [0, 0.05) is 12.1 Å². The van der Waals surface area contributed by atoms with Crippen LogP contribution >= 0.6 is 11.6 Å². The van der Waals surface area contributed by atoms with E-state index in [2.05, 4.69) is 22.5 Å². The molecule has 0 radical (unpaired) electrons. The number of aromatic nitrogens is 2. The molecule has 3 rings (SSSR count). The summed E-state index contributed by atoms with van der Waals surface area (Å²) in [6.07, 6.45) is 3.81. The molecule has 4 heteroatoms. The third-order valence-electron chi connectivity index (χ3n) is 4.24. The highest BCUT2D eigenvalue weighted by atomic mass is 35.5. The predicted octanol–water partition coefficient (Wildman–Crippen LogP) is 4.14. The average Bonchev–Trinajstić information content (AvgIpc) is 3.00. The van der Waals surface area contributed by atoms with Crippen molar-refractivity contribution < 1.29 is 4.74 Å². The van der Waals surface area contributed by atoms with Gasteiger partial charge >= 0.3 is 0 Å². The molecule has 0 amide bonds. The summed E-state index contributed by atoms with van der Waals surface area (Å²) < 4.78 is 7.62. The van der Waals surface area contributed by atoms with Gasteiger partial charge in [0.2, 0.25) is 0 Å². The lowest BCUT2D eigenvalue weighted by Crippen LogP contribution is -2.14. The number of fused-ring (bicyclic) bond motifs is 1. The minimum absolute atomic E-state index is 0.459. The van der Waals surface area contributed by atoms with Crippen molar-refractivity contribution in [1.82, 2.24) is 9.55 Å². The Kier molecular flexibility index (Phi) is 3.40. The van der Waals surface area contributed by atoms with Gasteiger partial charge in [-0.1, -0.05) is 13.3 Å². The van der Waals surface area contributed by atoms with Gasteiger partial charge in [-0.3, -0.25) is 0 Å². The van der Waals surface area contributed by atoms with Gasteiger partial charge in [0.15, 0.2) is 0 Å². The van der Waals surface area contributed by atoms with E-state index in [9.17, 15) is 0 Å². The van der Waals surface area contributed by atoms with Crippen LogP contribution in [-0.2, 0) is 5.88 Å². The molecular weight excluding hydrogens is 260 g/mol. The molecule has 1 aliphatic carbocycles. The molecular formula is C15H19ClN2O. The summed E-state index contributed by atoms with van der Waals surface area (Å²) in [5.74, 6) is 2.98. The summed E-state index contributed by atoms with van der Waals surface area (Å²) in [5, 5.41) is 0. The zero-order valence-electron chi connectivity index (χ0n) is 11.4. The second kappa shape index (κ2) is 5.04. The van der Waals surface area contributed by atoms with Crippen LogP contribution in [0.2, 0.25) is 0 Å². The van der Waals surface area contributed by atoms with E-state index in [1.165, 1.54) is 24.8 Å². The Balaban J connectivity index is 2.15. The average molecular weight is 279 g/mol. The number of benzene rings is 1. The minimum Gasteiger partial charge on any atom is -0.497 e. The summed E-state index contributed by atoms with van der Waals surface area (Å²) >= 11 is 6.09. The molecule has 1 aromatic heterocycles. The highest BCUT2D eigenvalue weighted by Gasteiger charge is 2.28. The Bertz CT molecular complexity index is 593. The van der Waals surface area contributed by atoms with E-state index < -0.39 is 0 Å². The molecule has 2 unspecified atom stereocenters. The van der Waals surface area contributed by atoms with Crippen molar-refractivity contribution in [1.29, 1.82) is 0 Å². The van der Waals surface area contributed by atoms with Gasteiger partial charge in [-0.05, 0) is 30.9 Å². The molecule has 3 nitrogen and oxygen atoms in total. The Morgan fingerprint density at radius 2 is 2.26 bits per heavy atom. The Hall–Kier alpha value is -1.22. The van der Waals surface area contributed by atoms with E-state index in [4.69, 9.17) is 16.3 Å². The summed E-state index contributed by atoms with van der Waals surface area (Å²) in [5.41, 5.74) is 2.16. The zero-order valence-corrected chi connectivity index (χ0v) is 12.2. The fourth-order valence-corrected chi connectivity index (χ4v) is 3.42. The summed E-state index contributed by atoms with van der Waals surface area (Å²) in [4.78, 5) is 4.67. The second-order valence-corrected chi connectivity index (χ2v) is 5.63. The van der Waals surface area contributed by atoms with Gasteiger partial charge in [-0.15, -0.1) is 11.6 Å². The number of hydrogen-bond acceptors (Lipinski definition) is 2. The third-order valence-corrected chi connectivity index (χ3v) is 4.48. The van der Waals surface area contributed by atoms with Crippen molar-refractivity contribution in [3.05, 3.63) is 24.0 Å². The highest BCUT2D eigenvalue weighted by molar-refractivity contribution is 6.16. The fraction of sp³-hybridized carbons (Fsp3) is 0.533. The van der Waals surface area contributed by atoms with Crippen LogP contribution in [0, 0.1) is 5.92 Å². The summed E-state index contributed by atoms with van der Waals surface area (Å²) in [6, 6.07) is 6.62. The van der Waals surface area contributed by atoms with Gasteiger partial charge in [0.1, 0.15) is 11.6 Å². The maximum absolute atomic E-state index is 6.09. The first-order valence-electron chi connectivity index (χ1n) is 6.85. The SMILES string of the molecule is COc1ccc2c(c1)nc(CCl)n2C1CCCC1C. The molecule has 1 fully saturated rings. The van der Waals surface area contributed by atoms with Crippen LogP contribution in [0.15, 0.2) is 18.2 Å². The maximum atomic E-state index is 6.09. The third kappa shape index (κ3) is 2.10. The number of imidazole rings is 1. The zero-order chi connectivity index (χ0) is 13.4. The van der Waals surface area contributed by atoms with E-state index in [-0.39, 0.29) is 0 Å². The van der Waals surface area contributed by atoms with E-state index in [1.54, 1.807) is 7.11 Å². The standard InChI is InChI=1S/C15H19ClN2O/c1-10-4-3-5-13(10)18-14-7-6-11(19-2)8-12(14)17-15(18)9-16/h6-8,10,13H,3-5,9H2,1-2H3. The number of methoxy groups -OCH3 is 1. The monoisotopic (exact) mass is 278 g/mol. The summed E-state index contributed by atoms with van der Waals surface area (Å²) in [7, 11) is 1.68. The number of halogens is 1. The molecule has 0 spiro atoms. The molecule has 0 N–H and O–H groups in total. The molecule has 1 aromatic carbocycles. The van der Waals surface area contributed by atoms with Crippen molar-refractivity contribution in [3.63, 3.8) is 0 Å². The number of alkyl halides is 1. The van der Waals surface area contributed by atoms with Crippen molar-refractivity contribution in [3.8, 4) is 5.75 Å². The molecule has 1 saturated carbocycles. The number of nitrogens with zero attached hydrogens (tertiary/aromatic N) is 2. The van der Waals surface area contributed by atoms with Gasteiger partial charge in [-0.25, -0.2) is 4.98 Å². The van der Waals surface area contributed by atoms with Crippen LogP contribution in [0.3, 0.4) is 0 Å². The van der Waals surface area contributed by atoms with Crippen LogP contribution < -0.4 is 4.74 Å². The lowest BCUT2D eigenvalue weighted by molar-refractivity contribution is 0.408. The molecule has 0 aliphatic heterocycles. The van der Waals surface area contributed by atoms with Gasteiger partial charge < -0.3 is 9.30 Å². The van der Waals surface area contributed by atoms with E-state index >= 15 is 0 Å². The lowest BCUT2D eigenvalue weighted by atomic mass is 10.1. The summed E-state index contributed by atoms with van der Waals surface area (Å²) in [6.45, 7) is 2.32. The molecule has 0 bridgehead atoms. The second-order valence-electron chi connectivity index (χ2n) is 5.36. The number of hydrogen-bond donors (Lipinski definition) is 0. The van der Waals surface area contributed by atoms with E-state index in [0.29, 0.717) is 17.8 Å². The first-order valence-corrected chi connectivity index (χ1v) is 7.39. The van der Waals surface area contributed by atoms with Crippen molar-refractivity contribution in [2.75, 3.05) is 7.11 Å².